The molecule has 0 saturated carbocycles. The van der Waals surface area contributed by atoms with Crippen LogP contribution in [0.3, 0.4) is 0 Å². The minimum Gasteiger partial charge on any atom is -0.461 e. The summed E-state index contributed by atoms with van der Waals surface area (Å²) in [5.41, 5.74) is 1.88. The van der Waals surface area contributed by atoms with Crippen molar-refractivity contribution in [2.24, 2.45) is 0 Å². The average Bonchev–Trinajstić information content (AvgIpc) is 3.40. The van der Waals surface area contributed by atoms with Crippen LogP contribution in [-0.4, -0.2) is 38.6 Å². The summed E-state index contributed by atoms with van der Waals surface area (Å²) < 4.78 is 52.1. The van der Waals surface area contributed by atoms with E-state index in [9.17, 15) is 18.0 Å². The molecule has 5 rings (SSSR count). The molecule has 0 radical (unpaired) electrons. The summed E-state index contributed by atoms with van der Waals surface area (Å²) in [6.07, 6.45) is -1.09. The molecule has 7 nitrogen and oxygen atoms in total. The third-order valence-corrected chi connectivity index (χ3v) is 7.30. The molecule has 0 fully saturated rings. The van der Waals surface area contributed by atoms with Crippen molar-refractivity contribution in [3.63, 3.8) is 0 Å². The fraction of sp³-hybridized carbons (Fsp3) is 0.167. The minimum absolute atomic E-state index is 0.0231. The van der Waals surface area contributed by atoms with Gasteiger partial charge in [0.15, 0.2) is 5.82 Å². The highest BCUT2D eigenvalue weighted by Gasteiger charge is 2.30. The largest absolute Gasteiger partial charge is 0.461 e. The number of rotatable bonds is 11. The molecule has 0 aliphatic rings. The highest BCUT2D eigenvalue weighted by Crippen LogP contribution is 2.36. The van der Waals surface area contributed by atoms with Gasteiger partial charge in [-0.2, -0.15) is 24.9 Å². The Bertz CT molecular complexity index is 1680. The second-order valence-electron chi connectivity index (χ2n) is 8.98. The first kappa shape index (κ1) is 29.3. The Balaban J connectivity index is 1.19. The molecule has 2 aromatic heterocycles. The minimum atomic E-state index is -4.48. The zero-order valence-electron chi connectivity index (χ0n) is 22.0. The number of hydrogen-bond acceptors (Lipinski definition) is 7. The van der Waals surface area contributed by atoms with E-state index in [1.54, 1.807) is 54.2 Å². The van der Waals surface area contributed by atoms with Crippen molar-refractivity contribution in [3.8, 4) is 11.5 Å². The van der Waals surface area contributed by atoms with Crippen molar-refractivity contribution < 1.29 is 27.4 Å². The Morgan fingerprint density at radius 1 is 0.976 bits per heavy atom. The van der Waals surface area contributed by atoms with Crippen LogP contribution in [0.1, 0.15) is 15.9 Å². The van der Waals surface area contributed by atoms with E-state index in [-0.39, 0.29) is 22.5 Å². The van der Waals surface area contributed by atoms with Crippen LogP contribution in [-0.2, 0) is 17.5 Å². The number of alkyl halides is 3. The average molecular weight is 613 g/mol. The zero-order valence-corrected chi connectivity index (χ0v) is 23.5. The van der Waals surface area contributed by atoms with E-state index in [2.05, 4.69) is 15.3 Å². The molecule has 3 aromatic carbocycles. The summed E-state index contributed by atoms with van der Waals surface area (Å²) in [6, 6.07) is 20.2. The topological polar surface area (TPSA) is 78.3 Å². The molecular formula is C30H24ClF3N4O3S. The molecule has 0 aliphatic carbocycles. The number of carbonyl (C=O) groups excluding carboxylic acids is 1. The van der Waals surface area contributed by atoms with Crippen LogP contribution in [0, 0.1) is 0 Å². The lowest BCUT2D eigenvalue weighted by molar-refractivity contribution is -0.137. The standard InChI is InChI=1S/C30H24ClF3N4O3S/c31-24-18-22(9-10-26(24)41-23-8-4-7-21(17-23)30(32,33)34)37-28-27-25(35-19-36-28)11-12-38(27)13-15-42-16-14-40-29(39)20-5-2-1-3-6-20/h1-12,17-19H,13-16H2,(H,35,36,37). The van der Waals surface area contributed by atoms with Crippen molar-refractivity contribution in [1.82, 2.24) is 14.5 Å². The Morgan fingerprint density at radius 3 is 2.60 bits per heavy atom. The number of aryl methyl sites for hydroxylation is 1. The molecule has 0 bridgehead atoms. The molecule has 216 valence electrons. The van der Waals surface area contributed by atoms with Crippen LogP contribution >= 0.6 is 23.4 Å². The quantitative estimate of drug-likeness (QED) is 0.119. The second-order valence-corrected chi connectivity index (χ2v) is 10.6. The van der Waals surface area contributed by atoms with Gasteiger partial charge < -0.3 is 19.4 Å². The molecule has 5 aromatic rings. The molecule has 0 amide bonds. The van der Waals surface area contributed by atoms with E-state index in [1.807, 2.05) is 22.9 Å². The number of nitrogens with zero attached hydrogens (tertiary/aromatic N) is 3. The van der Waals surface area contributed by atoms with Gasteiger partial charge in [0.05, 0.1) is 21.7 Å². The number of anilines is 2. The highest BCUT2D eigenvalue weighted by atomic mass is 35.5. The summed E-state index contributed by atoms with van der Waals surface area (Å²) in [7, 11) is 0. The van der Waals surface area contributed by atoms with Crippen LogP contribution < -0.4 is 10.1 Å². The van der Waals surface area contributed by atoms with Gasteiger partial charge in [-0.3, -0.25) is 0 Å². The maximum atomic E-state index is 13.0. The number of esters is 1. The van der Waals surface area contributed by atoms with E-state index < -0.39 is 11.7 Å². The monoisotopic (exact) mass is 612 g/mol. The van der Waals surface area contributed by atoms with Crippen LogP contribution in [0.25, 0.3) is 11.0 Å². The Kier molecular flexibility index (Phi) is 9.19. The van der Waals surface area contributed by atoms with Crippen molar-refractivity contribution in [2.75, 3.05) is 23.4 Å². The van der Waals surface area contributed by atoms with Crippen molar-refractivity contribution in [3.05, 3.63) is 108 Å². The fourth-order valence-electron chi connectivity index (χ4n) is 4.09. The molecule has 0 unspecified atom stereocenters. The van der Waals surface area contributed by atoms with Crippen LogP contribution in [0.2, 0.25) is 5.02 Å². The van der Waals surface area contributed by atoms with Gasteiger partial charge in [-0.1, -0.05) is 35.9 Å². The number of fused-ring (bicyclic) bond motifs is 1. The zero-order chi connectivity index (χ0) is 29.5. The maximum Gasteiger partial charge on any atom is 0.416 e. The molecule has 0 spiro atoms. The first-order valence-electron chi connectivity index (χ1n) is 12.8. The molecule has 0 saturated heterocycles. The van der Waals surface area contributed by atoms with Gasteiger partial charge >= 0.3 is 12.1 Å². The van der Waals surface area contributed by atoms with E-state index in [1.165, 1.54) is 18.5 Å². The number of aromatic nitrogens is 3. The number of halogens is 4. The maximum absolute atomic E-state index is 13.0. The molecule has 42 heavy (non-hydrogen) atoms. The van der Waals surface area contributed by atoms with Gasteiger partial charge in [-0.15, -0.1) is 0 Å². The third-order valence-electron chi connectivity index (χ3n) is 6.08. The summed E-state index contributed by atoms with van der Waals surface area (Å²) in [6.45, 7) is 0.988. The molecular weight excluding hydrogens is 589 g/mol. The third kappa shape index (κ3) is 7.34. The normalized spacial score (nSPS) is 11.4. The van der Waals surface area contributed by atoms with Gasteiger partial charge in [0.1, 0.15) is 29.9 Å². The number of ether oxygens (including phenoxy) is 2. The van der Waals surface area contributed by atoms with Crippen molar-refractivity contribution >= 4 is 51.9 Å². The van der Waals surface area contributed by atoms with Gasteiger partial charge in [0.2, 0.25) is 0 Å². The van der Waals surface area contributed by atoms with E-state index in [0.29, 0.717) is 36.0 Å². The number of benzene rings is 3. The number of nitrogens with one attached hydrogen (secondary N) is 1. The van der Waals surface area contributed by atoms with Gasteiger partial charge in [-0.05, 0) is 54.6 Å². The lowest BCUT2D eigenvalue weighted by Gasteiger charge is -2.13. The summed E-state index contributed by atoms with van der Waals surface area (Å²) in [5.74, 6) is 1.89. The summed E-state index contributed by atoms with van der Waals surface area (Å²) >= 11 is 8.07. The van der Waals surface area contributed by atoms with Crippen molar-refractivity contribution in [1.29, 1.82) is 0 Å². The second kappa shape index (κ2) is 13.2. The molecule has 0 aliphatic heterocycles. The number of thioether (sulfide) groups is 1. The first-order valence-corrected chi connectivity index (χ1v) is 14.3. The lowest BCUT2D eigenvalue weighted by Crippen LogP contribution is -2.08. The smallest absolute Gasteiger partial charge is 0.416 e. The SMILES string of the molecule is O=C(OCCSCCn1ccc2ncnc(Nc3ccc(Oc4cccc(C(F)(F)F)c4)c(Cl)c3)c21)c1ccccc1. The fourth-order valence-corrected chi connectivity index (χ4v) is 5.04. The van der Waals surface area contributed by atoms with E-state index in [0.717, 1.165) is 28.9 Å². The Labute approximate surface area is 248 Å². The predicted octanol–water partition coefficient (Wildman–Crippen LogP) is 8.23. The highest BCUT2D eigenvalue weighted by molar-refractivity contribution is 7.99. The molecule has 0 atom stereocenters. The van der Waals surface area contributed by atoms with E-state index >= 15 is 0 Å². The van der Waals surface area contributed by atoms with Gasteiger partial charge in [0, 0.05) is 29.9 Å². The summed E-state index contributed by atoms with van der Waals surface area (Å²) in [5, 5.41) is 3.46. The first-order chi connectivity index (χ1) is 20.3. The molecule has 12 heteroatoms. The Hall–Kier alpha value is -4.22. The van der Waals surface area contributed by atoms with Crippen LogP contribution in [0.5, 0.6) is 11.5 Å². The molecule has 2 heterocycles. The molecule has 1 N–H and O–H groups in total. The van der Waals surface area contributed by atoms with Crippen LogP contribution in [0.15, 0.2) is 91.4 Å². The number of carbonyl (C=O) groups is 1. The predicted molar refractivity (Wildman–Crippen MR) is 158 cm³/mol. The summed E-state index contributed by atoms with van der Waals surface area (Å²) in [4.78, 5) is 20.8. The van der Waals surface area contributed by atoms with Gasteiger partial charge in [-0.25, -0.2) is 14.8 Å². The van der Waals surface area contributed by atoms with Crippen molar-refractivity contribution in [2.45, 2.75) is 12.7 Å². The van der Waals surface area contributed by atoms with Crippen LogP contribution in [0.4, 0.5) is 24.7 Å². The lowest BCUT2D eigenvalue weighted by atomic mass is 10.2. The van der Waals surface area contributed by atoms with E-state index in [4.69, 9.17) is 21.1 Å². The Morgan fingerprint density at radius 2 is 1.81 bits per heavy atom. The van der Waals surface area contributed by atoms with Gasteiger partial charge in [0.25, 0.3) is 0 Å². The number of hydrogen-bond donors (Lipinski definition) is 1.